The molecule has 0 saturated carbocycles. The van der Waals surface area contributed by atoms with Gasteiger partial charge < -0.3 is 10.5 Å². The first-order valence-electron chi connectivity index (χ1n) is 6.15. The standard InChI is InChI=1S/C14H11N5O2/c15-13(20)14-16-17-18-19(14)10-6-8-12(9-7-10)21-11-4-2-1-3-5-11/h1-9H,(H2,15,20). The molecular weight excluding hydrogens is 270 g/mol. The van der Waals surface area contributed by atoms with Crippen molar-refractivity contribution >= 4 is 5.91 Å². The van der Waals surface area contributed by atoms with Gasteiger partial charge in [-0.25, -0.2) is 0 Å². The highest BCUT2D eigenvalue weighted by Gasteiger charge is 2.13. The van der Waals surface area contributed by atoms with Gasteiger partial charge in [0.15, 0.2) is 0 Å². The van der Waals surface area contributed by atoms with Crippen LogP contribution in [0.1, 0.15) is 10.6 Å². The van der Waals surface area contributed by atoms with Crippen molar-refractivity contribution in [3.63, 3.8) is 0 Å². The van der Waals surface area contributed by atoms with Gasteiger partial charge in [0.1, 0.15) is 11.5 Å². The molecule has 1 aromatic heterocycles. The molecule has 0 saturated heterocycles. The molecule has 1 amide bonds. The van der Waals surface area contributed by atoms with E-state index in [1.54, 1.807) is 24.3 Å². The molecule has 0 spiro atoms. The average molecular weight is 281 g/mol. The molecule has 2 N–H and O–H groups in total. The zero-order chi connectivity index (χ0) is 14.7. The first kappa shape index (κ1) is 12.8. The van der Waals surface area contributed by atoms with Crippen molar-refractivity contribution in [2.24, 2.45) is 5.73 Å². The number of nitrogens with zero attached hydrogens (tertiary/aromatic N) is 4. The quantitative estimate of drug-likeness (QED) is 0.782. The Labute approximate surface area is 120 Å². The maximum absolute atomic E-state index is 11.2. The smallest absolute Gasteiger partial charge is 0.288 e. The first-order chi connectivity index (χ1) is 10.2. The van der Waals surface area contributed by atoms with Crippen LogP contribution in [-0.4, -0.2) is 26.1 Å². The summed E-state index contributed by atoms with van der Waals surface area (Å²) in [5.74, 6) is 0.695. The summed E-state index contributed by atoms with van der Waals surface area (Å²) in [4.78, 5) is 11.2. The fraction of sp³-hybridized carbons (Fsp3) is 0. The third-order valence-electron chi connectivity index (χ3n) is 2.75. The maximum atomic E-state index is 11.2. The number of carbonyl (C=O) groups is 1. The predicted octanol–water partition coefficient (Wildman–Crippen LogP) is 1.55. The lowest BCUT2D eigenvalue weighted by Crippen LogP contribution is -2.17. The number of hydrogen-bond acceptors (Lipinski definition) is 5. The van der Waals surface area contributed by atoms with Crippen molar-refractivity contribution < 1.29 is 9.53 Å². The number of primary amides is 1. The van der Waals surface area contributed by atoms with Crippen molar-refractivity contribution in [2.75, 3.05) is 0 Å². The Kier molecular flexibility index (Phi) is 3.30. The van der Waals surface area contributed by atoms with Gasteiger partial charge in [-0.05, 0) is 46.8 Å². The van der Waals surface area contributed by atoms with Crippen LogP contribution in [0.2, 0.25) is 0 Å². The molecule has 0 bridgehead atoms. The number of aromatic nitrogens is 4. The zero-order valence-electron chi connectivity index (χ0n) is 10.9. The Balaban J connectivity index is 1.84. The Bertz CT molecular complexity index is 753. The molecule has 0 fully saturated rings. The van der Waals surface area contributed by atoms with Crippen molar-refractivity contribution in [3.8, 4) is 17.2 Å². The molecule has 0 aliphatic rings. The summed E-state index contributed by atoms with van der Waals surface area (Å²) in [6.45, 7) is 0. The molecule has 1 heterocycles. The lowest BCUT2D eigenvalue weighted by atomic mass is 10.3. The highest BCUT2D eigenvalue weighted by molar-refractivity contribution is 5.89. The number of para-hydroxylation sites is 1. The Hall–Kier alpha value is -3.22. The number of rotatable bonds is 4. The van der Waals surface area contributed by atoms with Crippen LogP contribution in [0.15, 0.2) is 54.6 Å². The fourth-order valence-corrected chi connectivity index (χ4v) is 1.79. The van der Waals surface area contributed by atoms with Crippen LogP contribution in [-0.2, 0) is 0 Å². The number of nitrogens with two attached hydrogens (primary N) is 1. The average Bonchev–Trinajstić information content (AvgIpc) is 2.99. The summed E-state index contributed by atoms with van der Waals surface area (Å²) in [5, 5.41) is 10.8. The summed E-state index contributed by atoms with van der Waals surface area (Å²) >= 11 is 0. The van der Waals surface area contributed by atoms with E-state index in [2.05, 4.69) is 15.5 Å². The lowest BCUT2D eigenvalue weighted by molar-refractivity contribution is 0.0988. The normalized spacial score (nSPS) is 10.3. The van der Waals surface area contributed by atoms with Gasteiger partial charge in [0.05, 0.1) is 5.69 Å². The molecule has 0 aliphatic heterocycles. The molecule has 2 aromatic carbocycles. The minimum Gasteiger partial charge on any atom is -0.457 e. The summed E-state index contributed by atoms with van der Waals surface area (Å²) in [6, 6.07) is 16.4. The number of amides is 1. The molecule has 3 rings (SSSR count). The van der Waals surface area contributed by atoms with Gasteiger partial charge in [0.25, 0.3) is 5.91 Å². The fourth-order valence-electron chi connectivity index (χ4n) is 1.79. The van der Waals surface area contributed by atoms with Gasteiger partial charge in [-0.2, -0.15) is 4.68 Å². The van der Waals surface area contributed by atoms with E-state index in [0.717, 1.165) is 5.75 Å². The summed E-state index contributed by atoms with van der Waals surface area (Å²) in [6.07, 6.45) is 0. The second-order valence-corrected chi connectivity index (χ2v) is 4.19. The Morgan fingerprint density at radius 3 is 2.33 bits per heavy atom. The molecule has 7 nitrogen and oxygen atoms in total. The second kappa shape index (κ2) is 5.41. The number of carbonyl (C=O) groups excluding carboxylic acids is 1. The van der Waals surface area contributed by atoms with Gasteiger partial charge in [-0.15, -0.1) is 5.10 Å². The monoisotopic (exact) mass is 281 g/mol. The molecule has 0 atom stereocenters. The van der Waals surface area contributed by atoms with E-state index in [9.17, 15) is 4.79 Å². The van der Waals surface area contributed by atoms with Crippen LogP contribution in [0, 0.1) is 0 Å². The molecular formula is C14H11N5O2. The van der Waals surface area contributed by atoms with Crippen molar-refractivity contribution in [3.05, 3.63) is 60.4 Å². The zero-order valence-corrected chi connectivity index (χ0v) is 10.9. The van der Waals surface area contributed by atoms with Gasteiger partial charge >= 0.3 is 0 Å². The largest absolute Gasteiger partial charge is 0.457 e. The van der Waals surface area contributed by atoms with Crippen LogP contribution in [0.5, 0.6) is 11.5 Å². The van der Waals surface area contributed by atoms with E-state index in [1.807, 2.05) is 30.3 Å². The van der Waals surface area contributed by atoms with Crippen LogP contribution < -0.4 is 10.5 Å². The van der Waals surface area contributed by atoms with E-state index in [1.165, 1.54) is 4.68 Å². The molecule has 21 heavy (non-hydrogen) atoms. The van der Waals surface area contributed by atoms with Crippen molar-refractivity contribution in [2.45, 2.75) is 0 Å². The minimum atomic E-state index is -0.690. The number of hydrogen-bond donors (Lipinski definition) is 1. The molecule has 7 heteroatoms. The number of tetrazole rings is 1. The van der Waals surface area contributed by atoms with Crippen LogP contribution >= 0.6 is 0 Å². The third-order valence-corrected chi connectivity index (χ3v) is 2.75. The van der Waals surface area contributed by atoms with E-state index in [-0.39, 0.29) is 5.82 Å². The highest BCUT2D eigenvalue weighted by Crippen LogP contribution is 2.22. The SMILES string of the molecule is NC(=O)c1nnnn1-c1ccc(Oc2ccccc2)cc1. The van der Waals surface area contributed by atoms with Gasteiger partial charge in [0, 0.05) is 0 Å². The van der Waals surface area contributed by atoms with Crippen molar-refractivity contribution in [1.29, 1.82) is 0 Å². The van der Waals surface area contributed by atoms with Crippen LogP contribution in [0.3, 0.4) is 0 Å². The Morgan fingerprint density at radius 2 is 1.67 bits per heavy atom. The summed E-state index contributed by atoms with van der Waals surface area (Å²) < 4.78 is 6.95. The second-order valence-electron chi connectivity index (χ2n) is 4.19. The molecule has 104 valence electrons. The Morgan fingerprint density at radius 1 is 1.00 bits per heavy atom. The van der Waals surface area contributed by atoms with Gasteiger partial charge in [-0.3, -0.25) is 4.79 Å². The van der Waals surface area contributed by atoms with Crippen molar-refractivity contribution in [1.82, 2.24) is 20.2 Å². The third kappa shape index (κ3) is 2.71. The molecule has 0 unspecified atom stereocenters. The molecule has 0 aliphatic carbocycles. The van der Waals surface area contributed by atoms with E-state index in [0.29, 0.717) is 11.4 Å². The summed E-state index contributed by atoms with van der Waals surface area (Å²) in [5.41, 5.74) is 5.82. The van der Waals surface area contributed by atoms with E-state index in [4.69, 9.17) is 10.5 Å². The minimum absolute atomic E-state index is 0.0215. The number of benzene rings is 2. The maximum Gasteiger partial charge on any atom is 0.288 e. The number of ether oxygens (including phenoxy) is 1. The highest BCUT2D eigenvalue weighted by atomic mass is 16.5. The topological polar surface area (TPSA) is 95.9 Å². The van der Waals surface area contributed by atoms with E-state index < -0.39 is 5.91 Å². The first-order valence-corrected chi connectivity index (χ1v) is 6.15. The van der Waals surface area contributed by atoms with Gasteiger partial charge in [-0.1, -0.05) is 18.2 Å². The molecule has 3 aromatic rings. The van der Waals surface area contributed by atoms with Crippen LogP contribution in [0.4, 0.5) is 0 Å². The summed E-state index contributed by atoms with van der Waals surface area (Å²) in [7, 11) is 0. The van der Waals surface area contributed by atoms with Crippen LogP contribution in [0.25, 0.3) is 5.69 Å². The predicted molar refractivity (Wildman–Crippen MR) is 74.2 cm³/mol. The van der Waals surface area contributed by atoms with Gasteiger partial charge in [0.2, 0.25) is 5.82 Å². The van der Waals surface area contributed by atoms with E-state index >= 15 is 0 Å². The lowest BCUT2D eigenvalue weighted by Gasteiger charge is -2.06. The molecule has 0 radical (unpaired) electrons.